The van der Waals surface area contributed by atoms with Crippen molar-refractivity contribution in [3.8, 4) is 0 Å². The van der Waals surface area contributed by atoms with Crippen molar-refractivity contribution < 1.29 is 8.42 Å². The molecule has 0 unspecified atom stereocenters. The normalized spacial score (nSPS) is 12.0. The maximum absolute atomic E-state index is 12.0. The molecular formula is C12H21ClN2O2S. The lowest BCUT2D eigenvalue weighted by molar-refractivity contribution is 0.498. The summed E-state index contributed by atoms with van der Waals surface area (Å²) in [6.45, 7) is 5.75. The van der Waals surface area contributed by atoms with Crippen molar-refractivity contribution in [3.63, 3.8) is 0 Å². The number of nitrogens with one attached hydrogen (secondary N) is 1. The van der Waals surface area contributed by atoms with Crippen LogP contribution < -0.4 is 10.5 Å². The highest BCUT2D eigenvalue weighted by Gasteiger charge is 2.18. The van der Waals surface area contributed by atoms with E-state index in [4.69, 9.17) is 5.73 Å². The second-order valence-electron chi connectivity index (χ2n) is 4.81. The number of halogens is 1. The molecule has 0 saturated heterocycles. The van der Waals surface area contributed by atoms with Crippen LogP contribution in [0.15, 0.2) is 29.2 Å². The van der Waals surface area contributed by atoms with E-state index in [0.29, 0.717) is 4.90 Å². The van der Waals surface area contributed by atoms with Crippen LogP contribution in [0.3, 0.4) is 0 Å². The molecule has 0 saturated carbocycles. The zero-order chi connectivity index (χ0) is 13.1. The first-order valence-electron chi connectivity index (χ1n) is 5.62. The van der Waals surface area contributed by atoms with Crippen LogP contribution in [0.25, 0.3) is 0 Å². The number of hydrogen-bond acceptors (Lipinski definition) is 3. The molecule has 1 aromatic rings. The molecule has 3 N–H and O–H groups in total. The maximum atomic E-state index is 12.0. The first-order valence-corrected chi connectivity index (χ1v) is 7.10. The molecule has 0 bridgehead atoms. The summed E-state index contributed by atoms with van der Waals surface area (Å²) >= 11 is 0. The smallest absolute Gasteiger partial charge is 0.240 e. The van der Waals surface area contributed by atoms with Gasteiger partial charge in [-0.1, -0.05) is 19.1 Å². The Morgan fingerprint density at radius 1 is 1.33 bits per heavy atom. The predicted octanol–water partition coefficient (Wildman–Crippen LogP) is 1.69. The Morgan fingerprint density at radius 3 is 2.44 bits per heavy atom. The van der Waals surface area contributed by atoms with Gasteiger partial charge in [0.2, 0.25) is 10.0 Å². The highest BCUT2D eigenvalue weighted by Crippen LogP contribution is 2.12. The SMILES string of the molecule is CCc1cccc(S(=O)(=O)NCC(C)(C)N)c1.Cl. The fraction of sp³-hybridized carbons (Fsp3) is 0.500. The van der Waals surface area contributed by atoms with Crippen molar-refractivity contribution in [1.82, 2.24) is 4.72 Å². The van der Waals surface area contributed by atoms with Crippen LogP contribution in [0.2, 0.25) is 0 Å². The largest absolute Gasteiger partial charge is 0.324 e. The van der Waals surface area contributed by atoms with Gasteiger partial charge in [0.25, 0.3) is 0 Å². The second-order valence-corrected chi connectivity index (χ2v) is 6.58. The summed E-state index contributed by atoms with van der Waals surface area (Å²) in [7, 11) is -3.46. The molecule has 104 valence electrons. The summed E-state index contributed by atoms with van der Waals surface area (Å²) in [5.41, 5.74) is 6.19. The fourth-order valence-electron chi connectivity index (χ4n) is 1.30. The summed E-state index contributed by atoms with van der Waals surface area (Å²) in [5.74, 6) is 0. The van der Waals surface area contributed by atoms with Gasteiger partial charge in [-0.05, 0) is 38.0 Å². The lowest BCUT2D eigenvalue weighted by atomic mass is 10.1. The van der Waals surface area contributed by atoms with Crippen LogP contribution in [0.1, 0.15) is 26.3 Å². The average molecular weight is 293 g/mol. The van der Waals surface area contributed by atoms with E-state index in [-0.39, 0.29) is 19.0 Å². The average Bonchev–Trinajstić information content (AvgIpc) is 2.26. The van der Waals surface area contributed by atoms with Crippen LogP contribution in [-0.2, 0) is 16.4 Å². The number of hydrogen-bond donors (Lipinski definition) is 2. The number of rotatable bonds is 5. The van der Waals surface area contributed by atoms with Crippen molar-refractivity contribution in [1.29, 1.82) is 0 Å². The first kappa shape index (κ1) is 17.4. The van der Waals surface area contributed by atoms with Gasteiger partial charge in [0.15, 0.2) is 0 Å². The van der Waals surface area contributed by atoms with E-state index < -0.39 is 15.6 Å². The van der Waals surface area contributed by atoms with E-state index in [2.05, 4.69) is 4.72 Å². The van der Waals surface area contributed by atoms with Crippen LogP contribution in [0.5, 0.6) is 0 Å². The van der Waals surface area contributed by atoms with Gasteiger partial charge < -0.3 is 5.73 Å². The lowest BCUT2D eigenvalue weighted by Crippen LogP contribution is -2.45. The minimum absolute atomic E-state index is 0. The molecule has 0 heterocycles. The Morgan fingerprint density at radius 2 is 1.94 bits per heavy atom. The third-order valence-electron chi connectivity index (χ3n) is 2.33. The maximum Gasteiger partial charge on any atom is 0.240 e. The molecule has 0 spiro atoms. The molecule has 1 rings (SSSR count). The van der Waals surface area contributed by atoms with Crippen molar-refractivity contribution in [2.45, 2.75) is 37.6 Å². The quantitative estimate of drug-likeness (QED) is 0.867. The molecule has 0 amide bonds. The molecular weight excluding hydrogens is 272 g/mol. The lowest BCUT2D eigenvalue weighted by Gasteiger charge is -2.19. The van der Waals surface area contributed by atoms with Gasteiger partial charge in [-0.3, -0.25) is 0 Å². The predicted molar refractivity (Wildman–Crippen MR) is 76.5 cm³/mol. The van der Waals surface area contributed by atoms with Crippen molar-refractivity contribution in [2.75, 3.05) is 6.54 Å². The molecule has 0 aromatic heterocycles. The highest BCUT2D eigenvalue weighted by molar-refractivity contribution is 7.89. The van der Waals surface area contributed by atoms with E-state index in [0.717, 1.165) is 12.0 Å². The van der Waals surface area contributed by atoms with Gasteiger partial charge in [-0.2, -0.15) is 0 Å². The zero-order valence-electron chi connectivity index (χ0n) is 10.9. The Hall–Kier alpha value is -0.620. The summed E-state index contributed by atoms with van der Waals surface area (Å²) in [6, 6.07) is 6.93. The minimum Gasteiger partial charge on any atom is -0.324 e. The van der Waals surface area contributed by atoms with E-state index in [1.807, 2.05) is 13.0 Å². The number of nitrogens with two attached hydrogens (primary N) is 1. The molecule has 0 aliphatic heterocycles. The van der Waals surface area contributed by atoms with E-state index >= 15 is 0 Å². The van der Waals surface area contributed by atoms with Gasteiger partial charge in [0.1, 0.15) is 0 Å². The van der Waals surface area contributed by atoms with Gasteiger partial charge in [-0.15, -0.1) is 12.4 Å². The molecule has 0 fully saturated rings. The molecule has 0 aliphatic carbocycles. The van der Waals surface area contributed by atoms with Gasteiger partial charge in [0, 0.05) is 12.1 Å². The molecule has 0 atom stereocenters. The van der Waals surface area contributed by atoms with Crippen LogP contribution in [-0.4, -0.2) is 20.5 Å². The number of benzene rings is 1. The Balaban J connectivity index is 0.00000289. The van der Waals surface area contributed by atoms with E-state index in [9.17, 15) is 8.42 Å². The van der Waals surface area contributed by atoms with Crippen molar-refractivity contribution in [3.05, 3.63) is 29.8 Å². The second kappa shape index (κ2) is 6.52. The van der Waals surface area contributed by atoms with Crippen molar-refractivity contribution >= 4 is 22.4 Å². The van der Waals surface area contributed by atoms with E-state index in [1.54, 1.807) is 32.0 Å². The molecule has 4 nitrogen and oxygen atoms in total. The number of sulfonamides is 1. The highest BCUT2D eigenvalue weighted by atomic mass is 35.5. The summed E-state index contributed by atoms with van der Waals surface area (Å²) in [6.07, 6.45) is 0.811. The van der Waals surface area contributed by atoms with Crippen molar-refractivity contribution in [2.24, 2.45) is 5.73 Å². The third-order valence-corrected chi connectivity index (χ3v) is 3.73. The summed E-state index contributed by atoms with van der Waals surface area (Å²) < 4.78 is 26.5. The van der Waals surface area contributed by atoms with Crippen LogP contribution >= 0.6 is 12.4 Å². The monoisotopic (exact) mass is 292 g/mol. The minimum atomic E-state index is -3.46. The van der Waals surface area contributed by atoms with Gasteiger partial charge >= 0.3 is 0 Å². The van der Waals surface area contributed by atoms with Gasteiger partial charge in [0.05, 0.1) is 4.90 Å². The standard InChI is InChI=1S/C12H20N2O2S.ClH/c1-4-10-6-5-7-11(8-10)17(15,16)14-9-12(2,3)13;/h5-8,14H,4,9,13H2,1-3H3;1H. The molecule has 0 aliphatic rings. The Kier molecular flexibility index (Phi) is 6.29. The molecule has 0 radical (unpaired) electrons. The Labute approximate surface area is 115 Å². The Bertz CT molecular complexity index is 481. The first-order chi connectivity index (χ1) is 7.74. The summed E-state index contributed by atoms with van der Waals surface area (Å²) in [5, 5.41) is 0. The third kappa shape index (κ3) is 5.35. The topological polar surface area (TPSA) is 72.2 Å². The fourth-order valence-corrected chi connectivity index (χ4v) is 2.59. The molecule has 6 heteroatoms. The molecule has 1 aromatic carbocycles. The zero-order valence-corrected chi connectivity index (χ0v) is 12.6. The number of aryl methyl sites for hydroxylation is 1. The van der Waals surface area contributed by atoms with Crippen LogP contribution in [0, 0.1) is 0 Å². The summed E-state index contributed by atoms with van der Waals surface area (Å²) in [4.78, 5) is 0.293. The van der Waals surface area contributed by atoms with Gasteiger partial charge in [-0.25, -0.2) is 13.1 Å². The van der Waals surface area contributed by atoms with E-state index in [1.165, 1.54) is 0 Å². The molecule has 18 heavy (non-hydrogen) atoms. The van der Waals surface area contributed by atoms with Crippen LogP contribution in [0.4, 0.5) is 0 Å².